The molecule has 0 aromatic rings. The number of hydrogen-bond acceptors (Lipinski definition) is 5. The lowest BCUT2D eigenvalue weighted by molar-refractivity contribution is -0.00698. The molecular formula is C10H26N2O3Si. The van der Waals surface area contributed by atoms with E-state index < -0.39 is 14.5 Å². The van der Waals surface area contributed by atoms with Crippen LogP contribution in [0.5, 0.6) is 0 Å². The van der Waals surface area contributed by atoms with Gasteiger partial charge >= 0.3 is 8.80 Å². The molecule has 0 aliphatic rings. The third kappa shape index (κ3) is 6.57. The highest BCUT2D eigenvalue weighted by Crippen LogP contribution is 2.22. The lowest BCUT2D eigenvalue weighted by atomic mass is 10.4. The molecule has 0 saturated carbocycles. The largest absolute Gasteiger partial charge is 0.502 e. The van der Waals surface area contributed by atoms with Crippen molar-refractivity contribution in [1.29, 1.82) is 0 Å². The van der Waals surface area contributed by atoms with E-state index in [0.717, 1.165) is 6.42 Å². The molecule has 0 aromatic carbocycles. The molecular weight excluding hydrogens is 224 g/mol. The maximum Gasteiger partial charge on any atom is 0.502 e. The van der Waals surface area contributed by atoms with Gasteiger partial charge in [-0.1, -0.05) is 0 Å². The van der Waals surface area contributed by atoms with E-state index in [1.165, 1.54) is 0 Å². The van der Waals surface area contributed by atoms with E-state index in [-0.39, 0.29) is 0 Å². The summed E-state index contributed by atoms with van der Waals surface area (Å²) >= 11 is 0. The second-order valence-electron chi connectivity index (χ2n) is 4.15. The van der Waals surface area contributed by atoms with Gasteiger partial charge in [0.15, 0.2) is 0 Å². The Balaban J connectivity index is 4.62. The first-order chi connectivity index (χ1) is 7.39. The van der Waals surface area contributed by atoms with Gasteiger partial charge in [0.1, 0.15) is 5.72 Å². The van der Waals surface area contributed by atoms with E-state index in [1.54, 1.807) is 13.8 Å². The quantitative estimate of drug-likeness (QED) is 0.472. The molecule has 0 fully saturated rings. The van der Waals surface area contributed by atoms with Gasteiger partial charge in [-0.3, -0.25) is 0 Å². The molecule has 4 N–H and O–H groups in total. The SMILES string of the molecule is CCO[Si](CCCN)(OCC)OC(C)(C)N. The van der Waals surface area contributed by atoms with Gasteiger partial charge in [-0.2, -0.15) is 0 Å². The molecule has 0 spiro atoms. The van der Waals surface area contributed by atoms with Gasteiger partial charge in [0.05, 0.1) is 0 Å². The van der Waals surface area contributed by atoms with Gasteiger partial charge in [0, 0.05) is 19.3 Å². The summed E-state index contributed by atoms with van der Waals surface area (Å²) in [5.41, 5.74) is 10.6. The molecule has 0 bridgehead atoms. The molecule has 0 saturated heterocycles. The predicted octanol–water partition coefficient (Wildman–Crippen LogP) is 1.06. The Morgan fingerprint density at radius 3 is 1.94 bits per heavy atom. The zero-order valence-electron chi connectivity index (χ0n) is 10.9. The number of nitrogens with two attached hydrogens (primary N) is 2. The topological polar surface area (TPSA) is 79.7 Å². The van der Waals surface area contributed by atoms with Crippen molar-refractivity contribution in [2.45, 2.75) is 45.9 Å². The van der Waals surface area contributed by atoms with E-state index in [4.69, 9.17) is 24.7 Å². The molecule has 0 aliphatic heterocycles. The van der Waals surface area contributed by atoms with Gasteiger partial charge in [0.25, 0.3) is 0 Å². The summed E-state index contributed by atoms with van der Waals surface area (Å²) in [4.78, 5) is 0. The molecule has 0 heterocycles. The van der Waals surface area contributed by atoms with Gasteiger partial charge in [-0.15, -0.1) is 0 Å². The second kappa shape index (κ2) is 7.36. The minimum absolute atomic E-state index is 0.562. The summed E-state index contributed by atoms with van der Waals surface area (Å²) in [6.07, 6.45) is 0.822. The minimum atomic E-state index is -2.66. The Morgan fingerprint density at radius 2 is 1.62 bits per heavy atom. The summed E-state index contributed by atoms with van der Waals surface area (Å²) in [6.45, 7) is 9.18. The number of rotatable bonds is 9. The van der Waals surface area contributed by atoms with E-state index in [9.17, 15) is 0 Å². The van der Waals surface area contributed by atoms with Crippen LogP contribution in [-0.2, 0) is 13.3 Å². The highest BCUT2D eigenvalue weighted by Gasteiger charge is 2.43. The fourth-order valence-electron chi connectivity index (χ4n) is 1.46. The molecule has 0 rings (SSSR count). The summed E-state index contributed by atoms with van der Waals surface area (Å²) in [5, 5.41) is 0. The Kier molecular flexibility index (Phi) is 7.37. The molecule has 0 unspecified atom stereocenters. The van der Waals surface area contributed by atoms with Crippen LogP contribution in [0.4, 0.5) is 0 Å². The van der Waals surface area contributed by atoms with Crippen LogP contribution < -0.4 is 11.5 Å². The third-order valence-corrected chi connectivity index (χ3v) is 5.09. The Hall–Kier alpha value is 0.0169. The molecule has 6 heteroatoms. The summed E-state index contributed by atoms with van der Waals surface area (Å²) in [5.74, 6) is 0. The number of hydrogen-bond donors (Lipinski definition) is 2. The first-order valence-corrected chi connectivity index (χ1v) is 7.79. The van der Waals surface area contributed by atoms with Crippen LogP contribution in [0.2, 0.25) is 6.04 Å². The van der Waals surface area contributed by atoms with Gasteiger partial charge in [-0.25, -0.2) is 0 Å². The van der Waals surface area contributed by atoms with Crippen LogP contribution in [0.15, 0.2) is 0 Å². The van der Waals surface area contributed by atoms with Crippen LogP contribution in [0, 0.1) is 0 Å². The van der Waals surface area contributed by atoms with Crippen molar-refractivity contribution < 1.29 is 13.3 Å². The van der Waals surface area contributed by atoms with Crippen LogP contribution in [0.1, 0.15) is 34.1 Å². The van der Waals surface area contributed by atoms with Crippen molar-refractivity contribution in [1.82, 2.24) is 0 Å². The maximum absolute atomic E-state index is 5.88. The summed E-state index contributed by atoms with van der Waals surface area (Å²) in [6, 6.07) is 0.714. The lowest BCUT2D eigenvalue weighted by Gasteiger charge is -2.35. The first-order valence-electron chi connectivity index (χ1n) is 5.86. The fraction of sp³-hybridized carbons (Fsp3) is 1.00. The van der Waals surface area contributed by atoms with Crippen molar-refractivity contribution >= 4 is 8.80 Å². The standard InChI is InChI=1S/C10H26N2O3Si/c1-5-13-16(14-6-2,9-7-8-11)15-10(3,4)12/h5-9,11-12H2,1-4H3. The molecule has 98 valence electrons. The average Bonchev–Trinajstić information content (AvgIpc) is 2.13. The average molecular weight is 250 g/mol. The lowest BCUT2D eigenvalue weighted by Crippen LogP contribution is -2.54. The predicted molar refractivity (Wildman–Crippen MR) is 66.8 cm³/mol. The van der Waals surface area contributed by atoms with Crippen LogP contribution >= 0.6 is 0 Å². The van der Waals surface area contributed by atoms with Crippen molar-refractivity contribution in [2.24, 2.45) is 11.5 Å². The first kappa shape index (κ1) is 16.0. The highest BCUT2D eigenvalue weighted by atomic mass is 28.4. The van der Waals surface area contributed by atoms with E-state index >= 15 is 0 Å². The van der Waals surface area contributed by atoms with E-state index in [0.29, 0.717) is 25.8 Å². The van der Waals surface area contributed by atoms with Crippen LogP contribution in [0.3, 0.4) is 0 Å². The highest BCUT2D eigenvalue weighted by molar-refractivity contribution is 6.60. The fourth-order valence-corrected chi connectivity index (χ4v) is 4.37. The molecule has 0 amide bonds. The molecule has 0 radical (unpaired) electrons. The van der Waals surface area contributed by atoms with E-state index in [2.05, 4.69) is 0 Å². The maximum atomic E-state index is 5.88. The van der Waals surface area contributed by atoms with Crippen LogP contribution in [-0.4, -0.2) is 34.3 Å². The molecule has 0 aromatic heterocycles. The normalized spacial score (nSPS) is 13.1. The van der Waals surface area contributed by atoms with Crippen molar-refractivity contribution in [3.05, 3.63) is 0 Å². The van der Waals surface area contributed by atoms with Crippen molar-refractivity contribution in [3.8, 4) is 0 Å². The van der Waals surface area contributed by atoms with Gasteiger partial charge < -0.3 is 24.7 Å². The van der Waals surface area contributed by atoms with Gasteiger partial charge in [0.2, 0.25) is 0 Å². The Labute approximate surface area is 99.8 Å². The smallest absolute Gasteiger partial charge is 0.374 e. The monoisotopic (exact) mass is 250 g/mol. The zero-order chi connectivity index (χ0) is 12.7. The minimum Gasteiger partial charge on any atom is -0.374 e. The van der Waals surface area contributed by atoms with Crippen molar-refractivity contribution in [3.63, 3.8) is 0 Å². The Morgan fingerprint density at radius 1 is 1.12 bits per heavy atom. The second-order valence-corrected chi connectivity index (χ2v) is 6.79. The summed E-state index contributed by atoms with van der Waals surface area (Å²) < 4.78 is 17.2. The van der Waals surface area contributed by atoms with Crippen molar-refractivity contribution in [2.75, 3.05) is 19.8 Å². The van der Waals surface area contributed by atoms with Gasteiger partial charge in [-0.05, 0) is 40.7 Å². The molecule has 0 aliphatic carbocycles. The molecule has 5 nitrogen and oxygen atoms in total. The van der Waals surface area contributed by atoms with E-state index in [1.807, 2.05) is 13.8 Å². The molecule has 16 heavy (non-hydrogen) atoms. The zero-order valence-corrected chi connectivity index (χ0v) is 11.9. The van der Waals surface area contributed by atoms with Crippen LogP contribution in [0.25, 0.3) is 0 Å². The molecule has 0 atom stereocenters. The third-order valence-electron chi connectivity index (χ3n) is 1.83. The Bertz CT molecular complexity index is 179. The summed E-state index contributed by atoms with van der Waals surface area (Å²) in [7, 11) is -2.66.